The highest BCUT2D eigenvalue weighted by Crippen LogP contribution is 2.20. The van der Waals surface area contributed by atoms with Crippen molar-refractivity contribution in [3.05, 3.63) is 124 Å². The molecule has 0 bridgehead atoms. The number of amides is 3. The van der Waals surface area contributed by atoms with E-state index in [9.17, 15) is 14.4 Å². The van der Waals surface area contributed by atoms with E-state index in [0.29, 0.717) is 36.7 Å². The van der Waals surface area contributed by atoms with E-state index in [2.05, 4.69) is 46.9 Å². The lowest BCUT2D eigenvalue weighted by Gasteiger charge is -2.13. The van der Waals surface area contributed by atoms with Crippen LogP contribution < -0.4 is 31.9 Å². The fourth-order valence-corrected chi connectivity index (χ4v) is 5.64. The van der Waals surface area contributed by atoms with Gasteiger partial charge in [0.2, 0.25) is 0 Å². The number of nitrogens with zero attached hydrogens (tertiary/aromatic N) is 3. The molecule has 3 aliphatic rings. The number of hydrogen-bond acceptors (Lipinski definition) is 9. The van der Waals surface area contributed by atoms with Gasteiger partial charge in [-0.25, -0.2) is 0 Å². The van der Waals surface area contributed by atoms with Crippen LogP contribution >= 0.6 is 37.2 Å². The Kier molecular flexibility index (Phi) is 13.2. The molecule has 0 spiro atoms. The highest BCUT2D eigenvalue weighted by Gasteiger charge is 2.19. The number of carbonyl (C=O) groups excluding carboxylic acids is 3. The summed E-state index contributed by atoms with van der Waals surface area (Å²) in [5.74, 6) is 0.876. The molecule has 0 aliphatic carbocycles. The number of aliphatic imine (C=N–C) groups is 3. The fraction of sp³-hybridized carbons (Fsp3) is 0.167. The number of nitrogens with one attached hydrogen (secondary N) is 6. The van der Waals surface area contributed by atoms with Gasteiger partial charge in [-0.3, -0.25) is 29.4 Å². The van der Waals surface area contributed by atoms with Crippen LogP contribution in [0.2, 0.25) is 0 Å². The first-order valence-corrected chi connectivity index (χ1v) is 15.7. The van der Waals surface area contributed by atoms with Crippen molar-refractivity contribution in [1.29, 1.82) is 0 Å². The van der Waals surface area contributed by atoms with Gasteiger partial charge in [0.05, 0.1) is 19.6 Å². The Balaban J connectivity index is 0.00000194. The molecule has 3 heterocycles. The molecule has 0 fully saturated rings. The molecular formula is C36H36Cl3N9O3. The Morgan fingerprint density at radius 1 is 0.451 bits per heavy atom. The van der Waals surface area contributed by atoms with Gasteiger partial charge in [-0.15, -0.1) is 37.2 Å². The number of benzene rings is 4. The third kappa shape index (κ3) is 9.23. The zero-order valence-corrected chi connectivity index (χ0v) is 29.6. The summed E-state index contributed by atoms with van der Waals surface area (Å²) in [4.78, 5) is 54.3. The van der Waals surface area contributed by atoms with Gasteiger partial charge in [-0.1, -0.05) is 36.4 Å². The third-order valence-electron chi connectivity index (χ3n) is 7.92. The molecule has 12 nitrogen and oxygen atoms in total. The van der Waals surface area contributed by atoms with Crippen LogP contribution in [0.25, 0.3) is 0 Å². The zero-order valence-electron chi connectivity index (χ0n) is 27.2. The summed E-state index contributed by atoms with van der Waals surface area (Å²) in [7, 11) is 0. The van der Waals surface area contributed by atoms with Crippen LogP contribution in [0.1, 0.15) is 47.8 Å². The first kappa shape index (κ1) is 38.4. The summed E-state index contributed by atoms with van der Waals surface area (Å²) in [5, 5.41) is 18.4. The largest absolute Gasteiger partial charge is 0.368 e. The van der Waals surface area contributed by atoms with E-state index in [1.165, 1.54) is 18.2 Å². The van der Waals surface area contributed by atoms with Crippen LogP contribution in [0.3, 0.4) is 0 Å². The van der Waals surface area contributed by atoms with Gasteiger partial charge in [0.15, 0.2) is 0 Å². The van der Waals surface area contributed by atoms with Crippen molar-refractivity contribution in [3.63, 3.8) is 0 Å². The van der Waals surface area contributed by atoms with E-state index in [1.807, 2.05) is 54.6 Å². The topological polar surface area (TPSA) is 160 Å². The van der Waals surface area contributed by atoms with Crippen molar-refractivity contribution in [2.75, 3.05) is 55.2 Å². The van der Waals surface area contributed by atoms with E-state index in [1.54, 1.807) is 18.2 Å². The smallest absolute Gasteiger partial charge is 0.255 e. The molecule has 0 radical (unpaired) electrons. The molecule has 3 amide bonds. The standard InChI is InChI=1S/C36H33N9O3.3ClH/c46-34(43-28-7-1-4-22(19-28)31-37-10-11-38-31)25-16-26(35(47)44-29-8-2-5-23(20-29)32-39-12-13-40-32)18-27(17-25)36(48)45-30-9-3-6-24(21-30)33-41-14-15-42-33;;;/h1-9,16-21H,10-15H2,(H,37,38)(H,39,40)(H,41,42)(H,43,46)(H,44,47)(H,45,48);3*1H. The molecule has 0 unspecified atom stereocenters. The molecule has 0 saturated heterocycles. The normalized spacial score (nSPS) is 14.0. The van der Waals surface area contributed by atoms with E-state index >= 15 is 0 Å². The molecular weight excluding hydrogens is 713 g/mol. The van der Waals surface area contributed by atoms with Crippen molar-refractivity contribution >= 4 is 89.5 Å². The molecule has 3 aliphatic heterocycles. The summed E-state index contributed by atoms with van der Waals surface area (Å²) in [6.45, 7) is 4.36. The Morgan fingerprint density at radius 3 is 1.00 bits per heavy atom. The summed E-state index contributed by atoms with van der Waals surface area (Å²) in [6.07, 6.45) is 0. The summed E-state index contributed by atoms with van der Waals surface area (Å²) >= 11 is 0. The lowest BCUT2D eigenvalue weighted by molar-refractivity contribution is 0.102. The molecule has 4 aromatic rings. The van der Waals surface area contributed by atoms with Gasteiger partial charge in [-0.05, 0) is 54.6 Å². The average Bonchev–Trinajstić information content (AvgIpc) is 3.93. The maximum absolute atomic E-state index is 13.6. The monoisotopic (exact) mass is 747 g/mol. The Bertz CT molecular complexity index is 1790. The fourth-order valence-electron chi connectivity index (χ4n) is 5.64. The summed E-state index contributed by atoms with van der Waals surface area (Å²) in [5.41, 5.74) is 4.63. The number of amidine groups is 3. The van der Waals surface area contributed by atoms with E-state index in [-0.39, 0.29) is 53.9 Å². The lowest BCUT2D eigenvalue weighted by Crippen LogP contribution is -2.21. The zero-order chi connectivity index (χ0) is 32.9. The van der Waals surface area contributed by atoms with Gasteiger partial charge in [0, 0.05) is 70.1 Å². The van der Waals surface area contributed by atoms with E-state index in [0.717, 1.165) is 53.8 Å². The Hall–Kier alpha value is -5.43. The predicted octanol–water partition coefficient (Wildman–Crippen LogP) is 4.76. The Labute approximate surface area is 313 Å². The summed E-state index contributed by atoms with van der Waals surface area (Å²) in [6, 6.07) is 26.5. The number of anilines is 3. The van der Waals surface area contributed by atoms with Gasteiger partial charge >= 0.3 is 0 Å². The minimum atomic E-state index is -0.475. The summed E-state index contributed by atoms with van der Waals surface area (Å²) < 4.78 is 0. The second-order valence-corrected chi connectivity index (χ2v) is 11.4. The van der Waals surface area contributed by atoms with Crippen LogP contribution in [0.5, 0.6) is 0 Å². The molecule has 7 rings (SSSR count). The minimum Gasteiger partial charge on any atom is -0.368 e. The van der Waals surface area contributed by atoms with Crippen LogP contribution in [0.4, 0.5) is 17.1 Å². The number of carbonyl (C=O) groups is 3. The molecule has 264 valence electrons. The SMILES string of the molecule is Cl.Cl.Cl.O=C(Nc1cccc(C2=NCCN2)c1)c1cc(C(=O)Nc2cccc(C3=NCCN3)c2)cc(C(=O)Nc2cccc(C3=NCCN3)c2)c1. The minimum absolute atomic E-state index is 0. The third-order valence-corrected chi connectivity index (χ3v) is 7.92. The molecule has 6 N–H and O–H groups in total. The molecule has 0 aromatic heterocycles. The highest BCUT2D eigenvalue weighted by molar-refractivity contribution is 6.13. The molecule has 0 atom stereocenters. The van der Waals surface area contributed by atoms with Crippen molar-refractivity contribution in [2.24, 2.45) is 15.0 Å². The van der Waals surface area contributed by atoms with Crippen LogP contribution in [-0.2, 0) is 0 Å². The van der Waals surface area contributed by atoms with Gasteiger partial charge in [0.25, 0.3) is 17.7 Å². The first-order chi connectivity index (χ1) is 23.5. The molecule has 51 heavy (non-hydrogen) atoms. The Morgan fingerprint density at radius 2 is 0.745 bits per heavy atom. The predicted molar refractivity (Wildman–Crippen MR) is 210 cm³/mol. The highest BCUT2D eigenvalue weighted by atomic mass is 35.5. The van der Waals surface area contributed by atoms with Gasteiger partial charge < -0.3 is 31.9 Å². The van der Waals surface area contributed by atoms with Gasteiger partial charge in [-0.2, -0.15) is 0 Å². The van der Waals surface area contributed by atoms with Crippen LogP contribution in [-0.4, -0.2) is 74.5 Å². The van der Waals surface area contributed by atoms with Crippen LogP contribution in [0.15, 0.2) is 106 Å². The van der Waals surface area contributed by atoms with E-state index < -0.39 is 17.7 Å². The average molecular weight is 749 g/mol. The van der Waals surface area contributed by atoms with Crippen LogP contribution in [0, 0.1) is 0 Å². The number of halogens is 3. The molecule has 0 saturated carbocycles. The van der Waals surface area contributed by atoms with Crippen molar-refractivity contribution in [3.8, 4) is 0 Å². The lowest BCUT2D eigenvalue weighted by atomic mass is 10.0. The number of rotatable bonds is 9. The molecule has 4 aromatic carbocycles. The quantitative estimate of drug-likeness (QED) is 0.145. The van der Waals surface area contributed by atoms with Crippen molar-refractivity contribution < 1.29 is 14.4 Å². The van der Waals surface area contributed by atoms with Crippen molar-refractivity contribution in [1.82, 2.24) is 16.0 Å². The van der Waals surface area contributed by atoms with Crippen molar-refractivity contribution in [2.45, 2.75) is 0 Å². The second kappa shape index (κ2) is 17.5. The second-order valence-electron chi connectivity index (χ2n) is 11.4. The van der Waals surface area contributed by atoms with Gasteiger partial charge in [0.1, 0.15) is 17.5 Å². The molecule has 15 heteroatoms. The number of hydrogen-bond donors (Lipinski definition) is 6. The first-order valence-electron chi connectivity index (χ1n) is 15.7. The maximum atomic E-state index is 13.6. The maximum Gasteiger partial charge on any atom is 0.255 e. The van der Waals surface area contributed by atoms with E-state index in [4.69, 9.17) is 0 Å².